The van der Waals surface area contributed by atoms with Crippen molar-refractivity contribution < 1.29 is 9.15 Å². The van der Waals surface area contributed by atoms with Crippen LogP contribution in [0.4, 0.5) is 0 Å². The second-order valence-corrected chi connectivity index (χ2v) is 8.90. The molecule has 6 rings (SSSR count). The first-order valence-electron chi connectivity index (χ1n) is 11.4. The monoisotopic (exact) mass is 409 g/mol. The summed E-state index contributed by atoms with van der Waals surface area (Å²) in [6.45, 7) is 3.30. The number of nitrogens with one attached hydrogen (secondary N) is 1. The van der Waals surface area contributed by atoms with E-state index in [1.807, 2.05) is 42.5 Å². The van der Waals surface area contributed by atoms with Gasteiger partial charge < -0.3 is 14.5 Å². The molecule has 2 fully saturated rings. The molecule has 156 valence electrons. The van der Waals surface area contributed by atoms with Crippen molar-refractivity contribution in [3.63, 3.8) is 0 Å². The zero-order valence-electron chi connectivity index (χ0n) is 17.9. The summed E-state index contributed by atoms with van der Waals surface area (Å²) in [5.74, 6) is 3.36. The number of para-hydroxylation sites is 1. The zero-order valence-corrected chi connectivity index (χ0v) is 17.9. The number of rotatable bonds is 5. The van der Waals surface area contributed by atoms with Crippen LogP contribution in [0.15, 0.2) is 71.1 Å². The second-order valence-electron chi connectivity index (χ2n) is 8.90. The van der Waals surface area contributed by atoms with Gasteiger partial charge in [0.05, 0.1) is 0 Å². The molecule has 0 bridgehead atoms. The Kier molecular flexibility index (Phi) is 4.57. The quantitative estimate of drug-likeness (QED) is 0.370. The van der Waals surface area contributed by atoms with Gasteiger partial charge in [-0.2, -0.15) is 0 Å². The van der Waals surface area contributed by atoms with Crippen LogP contribution in [0, 0.1) is 6.92 Å². The Morgan fingerprint density at radius 2 is 1.65 bits per heavy atom. The summed E-state index contributed by atoms with van der Waals surface area (Å²) in [6, 6.07) is 23.3. The number of hydrogen-bond acceptors (Lipinski definition) is 3. The van der Waals surface area contributed by atoms with Gasteiger partial charge in [-0.05, 0) is 105 Å². The van der Waals surface area contributed by atoms with Gasteiger partial charge in [0, 0.05) is 22.6 Å². The lowest BCUT2D eigenvalue weighted by Gasteiger charge is -2.16. The molecule has 1 saturated carbocycles. The van der Waals surface area contributed by atoms with Crippen molar-refractivity contribution in [3.8, 4) is 22.8 Å². The average Bonchev–Trinajstić information content (AvgIpc) is 3.40. The summed E-state index contributed by atoms with van der Waals surface area (Å²) < 4.78 is 12.4. The van der Waals surface area contributed by atoms with Crippen molar-refractivity contribution in [1.82, 2.24) is 5.32 Å². The standard InChI is InChI=1S/C28H27NO2/c1-18-23-16-24(19-9-10-19)25(26-8-5-15-29-26)17-27(23)31-28(18)20-11-13-22(14-12-20)30-21-6-3-2-4-7-21/h2-4,6-7,11-14,16-17,19,26,29H,5,8-10,15H2,1H3. The zero-order chi connectivity index (χ0) is 20.8. The van der Waals surface area contributed by atoms with Crippen LogP contribution in [-0.2, 0) is 0 Å². The first kappa shape index (κ1) is 18.7. The molecule has 0 amide bonds. The highest BCUT2D eigenvalue weighted by molar-refractivity contribution is 5.89. The minimum absolute atomic E-state index is 0.475. The van der Waals surface area contributed by atoms with E-state index in [0.717, 1.165) is 40.9 Å². The highest BCUT2D eigenvalue weighted by Crippen LogP contribution is 2.47. The number of furan rings is 1. The molecule has 1 atom stereocenters. The fourth-order valence-electron chi connectivity index (χ4n) is 4.87. The van der Waals surface area contributed by atoms with E-state index in [9.17, 15) is 0 Å². The van der Waals surface area contributed by atoms with Crippen molar-refractivity contribution in [2.45, 2.75) is 44.6 Å². The Balaban J connectivity index is 1.36. The van der Waals surface area contributed by atoms with Crippen LogP contribution in [-0.4, -0.2) is 6.54 Å². The minimum Gasteiger partial charge on any atom is -0.457 e. The number of aryl methyl sites for hydroxylation is 1. The van der Waals surface area contributed by atoms with Crippen molar-refractivity contribution in [2.75, 3.05) is 6.54 Å². The summed E-state index contributed by atoms with van der Waals surface area (Å²) in [5.41, 5.74) is 6.31. The maximum Gasteiger partial charge on any atom is 0.138 e. The molecule has 1 aromatic heterocycles. The lowest BCUT2D eigenvalue weighted by Crippen LogP contribution is -2.14. The smallest absolute Gasteiger partial charge is 0.138 e. The lowest BCUT2D eigenvalue weighted by atomic mass is 9.93. The molecule has 3 nitrogen and oxygen atoms in total. The van der Waals surface area contributed by atoms with Gasteiger partial charge in [0.1, 0.15) is 22.8 Å². The lowest BCUT2D eigenvalue weighted by molar-refractivity contribution is 0.482. The van der Waals surface area contributed by atoms with Gasteiger partial charge in [-0.3, -0.25) is 0 Å². The third-order valence-corrected chi connectivity index (χ3v) is 6.69. The van der Waals surface area contributed by atoms with E-state index in [-0.39, 0.29) is 0 Å². The Morgan fingerprint density at radius 3 is 2.35 bits per heavy atom. The molecule has 1 N–H and O–H groups in total. The summed E-state index contributed by atoms with van der Waals surface area (Å²) in [5, 5.41) is 4.94. The molecule has 3 heteroatoms. The first-order chi connectivity index (χ1) is 15.3. The van der Waals surface area contributed by atoms with E-state index >= 15 is 0 Å². The van der Waals surface area contributed by atoms with Crippen LogP contribution in [0.1, 0.15) is 54.3 Å². The van der Waals surface area contributed by atoms with Crippen LogP contribution in [0.3, 0.4) is 0 Å². The molecule has 1 aliphatic heterocycles. The van der Waals surface area contributed by atoms with Crippen LogP contribution in [0.2, 0.25) is 0 Å². The number of benzene rings is 3. The second kappa shape index (κ2) is 7.58. The topological polar surface area (TPSA) is 34.4 Å². The van der Waals surface area contributed by atoms with E-state index in [2.05, 4.69) is 36.5 Å². The Hall–Kier alpha value is -3.04. The van der Waals surface area contributed by atoms with Gasteiger partial charge in [-0.1, -0.05) is 18.2 Å². The Bertz CT molecular complexity index is 1210. The van der Waals surface area contributed by atoms with E-state index in [1.54, 1.807) is 0 Å². The molecule has 0 radical (unpaired) electrons. The van der Waals surface area contributed by atoms with E-state index in [0.29, 0.717) is 6.04 Å². The molecule has 2 heterocycles. The Labute approximate surface area is 183 Å². The first-order valence-corrected chi connectivity index (χ1v) is 11.4. The van der Waals surface area contributed by atoms with Gasteiger partial charge in [0.2, 0.25) is 0 Å². The SMILES string of the molecule is Cc1c(-c2ccc(Oc3ccccc3)cc2)oc2cc(C3CCCN3)c(C3CC3)cc12. The minimum atomic E-state index is 0.475. The third-order valence-electron chi connectivity index (χ3n) is 6.69. The molecule has 3 aromatic carbocycles. The summed E-state index contributed by atoms with van der Waals surface area (Å²) in [6.07, 6.45) is 5.11. The van der Waals surface area contributed by atoms with Crippen LogP contribution < -0.4 is 10.1 Å². The summed E-state index contributed by atoms with van der Waals surface area (Å²) in [4.78, 5) is 0. The molecule has 0 spiro atoms. The van der Waals surface area contributed by atoms with Crippen molar-refractivity contribution >= 4 is 11.0 Å². The van der Waals surface area contributed by atoms with Gasteiger partial charge in [-0.25, -0.2) is 0 Å². The van der Waals surface area contributed by atoms with Crippen molar-refractivity contribution in [1.29, 1.82) is 0 Å². The molecular formula is C28H27NO2. The van der Waals surface area contributed by atoms with Crippen molar-refractivity contribution in [3.05, 3.63) is 83.4 Å². The molecule has 4 aromatic rings. The predicted octanol–water partition coefficient (Wildman–Crippen LogP) is 7.50. The van der Waals surface area contributed by atoms with E-state index < -0.39 is 0 Å². The van der Waals surface area contributed by atoms with Gasteiger partial charge in [-0.15, -0.1) is 0 Å². The van der Waals surface area contributed by atoms with Gasteiger partial charge in [0.25, 0.3) is 0 Å². The molecule has 31 heavy (non-hydrogen) atoms. The number of ether oxygens (including phenoxy) is 1. The van der Waals surface area contributed by atoms with E-state index in [4.69, 9.17) is 9.15 Å². The fraction of sp³-hybridized carbons (Fsp3) is 0.286. The fourth-order valence-corrected chi connectivity index (χ4v) is 4.87. The molecule has 2 aliphatic rings. The largest absolute Gasteiger partial charge is 0.457 e. The van der Waals surface area contributed by atoms with Crippen LogP contribution in [0.25, 0.3) is 22.3 Å². The highest BCUT2D eigenvalue weighted by atomic mass is 16.5. The Morgan fingerprint density at radius 1 is 0.871 bits per heavy atom. The maximum absolute atomic E-state index is 6.43. The van der Waals surface area contributed by atoms with E-state index in [1.165, 1.54) is 47.8 Å². The van der Waals surface area contributed by atoms with Gasteiger partial charge >= 0.3 is 0 Å². The maximum atomic E-state index is 6.43. The average molecular weight is 410 g/mol. The molecule has 1 unspecified atom stereocenters. The van der Waals surface area contributed by atoms with Gasteiger partial charge in [0.15, 0.2) is 0 Å². The molecule has 1 aliphatic carbocycles. The number of hydrogen-bond donors (Lipinski definition) is 1. The summed E-state index contributed by atoms with van der Waals surface area (Å²) >= 11 is 0. The summed E-state index contributed by atoms with van der Waals surface area (Å²) in [7, 11) is 0. The molecular weight excluding hydrogens is 382 g/mol. The number of fused-ring (bicyclic) bond motifs is 1. The molecule has 1 saturated heterocycles. The van der Waals surface area contributed by atoms with Crippen LogP contribution in [0.5, 0.6) is 11.5 Å². The third kappa shape index (κ3) is 3.53. The normalized spacial score (nSPS) is 18.5. The van der Waals surface area contributed by atoms with Crippen LogP contribution >= 0.6 is 0 Å². The van der Waals surface area contributed by atoms with Crippen molar-refractivity contribution in [2.24, 2.45) is 0 Å². The predicted molar refractivity (Wildman–Crippen MR) is 125 cm³/mol. The highest BCUT2D eigenvalue weighted by Gasteiger charge is 2.31.